The summed E-state index contributed by atoms with van der Waals surface area (Å²) in [4.78, 5) is 11.0. The molecule has 0 radical (unpaired) electrons. The molecule has 4 aliphatic rings. The van der Waals surface area contributed by atoms with Crippen LogP contribution >= 0.6 is 0 Å². The van der Waals surface area contributed by atoms with Gasteiger partial charge in [0.2, 0.25) is 6.41 Å². The Labute approximate surface area is 186 Å². The normalized spacial score (nSPS) is 43.9. The van der Waals surface area contributed by atoms with Crippen molar-refractivity contribution in [2.75, 3.05) is 0 Å². The Morgan fingerprint density at radius 2 is 1.87 bits per heavy atom. The maximum atomic E-state index is 11.0. The Kier molecular flexibility index (Phi) is 6.44. The number of hydrogen-bond donors (Lipinski definition) is 1. The van der Waals surface area contributed by atoms with Crippen LogP contribution in [0.25, 0.3) is 0 Å². The van der Waals surface area contributed by atoms with Crippen LogP contribution in [0.4, 0.5) is 0 Å². The van der Waals surface area contributed by atoms with Crippen LogP contribution in [0, 0.1) is 46.3 Å². The topological polar surface area (TPSA) is 29.1 Å². The molecule has 4 aliphatic carbocycles. The first kappa shape index (κ1) is 22.4. The van der Waals surface area contributed by atoms with Gasteiger partial charge >= 0.3 is 0 Å². The van der Waals surface area contributed by atoms with Gasteiger partial charge in [-0.2, -0.15) is 0 Å². The second-order valence-corrected chi connectivity index (χ2v) is 12.5. The molecule has 0 heterocycles. The average molecular weight is 414 g/mol. The van der Waals surface area contributed by atoms with Gasteiger partial charge in [-0.25, -0.2) is 0 Å². The number of hydrogen-bond acceptors (Lipinski definition) is 1. The van der Waals surface area contributed by atoms with E-state index in [0.717, 1.165) is 54.8 Å². The molecule has 3 unspecified atom stereocenters. The van der Waals surface area contributed by atoms with Crippen LogP contribution in [-0.4, -0.2) is 12.5 Å². The highest BCUT2D eigenvalue weighted by atomic mass is 16.1. The highest BCUT2D eigenvalue weighted by molar-refractivity contribution is 5.47. The van der Waals surface area contributed by atoms with E-state index in [1.54, 1.807) is 5.57 Å². The van der Waals surface area contributed by atoms with Crippen molar-refractivity contribution >= 4 is 6.41 Å². The zero-order chi connectivity index (χ0) is 21.5. The van der Waals surface area contributed by atoms with Crippen molar-refractivity contribution in [1.82, 2.24) is 5.32 Å². The maximum absolute atomic E-state index is 11.0. The predicted octanol–water partition coefficient (Wildman–Crippen LogP) is 7.14. The van der Waals surface area contributed by atoms with Crippen LogP contribution in [0.15, 0.2) is 11.6 Å². The largest absolute Gasteiger partial charge is 0.356 e. The lowest BCUT2D eigenvalue weighted by molar-refractivity contribution is -0.110. The molecule has 1 amide bonds. The lowest BCUT2D eigenvalue weighted by Gasteiger charge is -2.58. The van der Waals surface area contributed by atoms with Gasteiger partial charge in [0.15, 0.2) is 0 Å². The standard InChI is InChI=1S/C28H47NO/c1-19(2)7-6-8-20(3)24-11-12-25-23-10-9-21-17-22(29-18-30)13-15-27(21,4)26(23)14-16-28(24,25)5/h9,18-20,22-26H,6-8,10-17H2,1-5H3,(H,29,30)/t20-,22+,23?,24-,25?,26?,27+,28-/m1/s1. The molecule has 0 saturated heterocycles. The summed E-state index contributed by atoms with van der Waals surface area (Å²) in [6, 6.07) is 0.370. The third kappa shape index (κ3) is 3.79. The van der Waals surface area contributed by atoms with Gasteiger partial charge in [-0.3, -0.25) is 4.79 Å². The second-order valence-electron chi connectivity index (χ2n) is 12.5. The van der Waals surface area contributed by atoms with Crippen LogP contribution < -0.4 is 5.32 Å². The first-order chi connectivity index (χ1) is 14.3. The van der Waals surface area contributed by atoms with Crippen molar-refractivity contribution < 1.29 is 4.79 Å². The molecule has 0 aromatic rings. The van der Waals surface area contributed by atoms with Gasteiger partial charge in [-0.05, 0) is 97.7 Å². The number of amides is 1. The van der Waals surface area contributed by atoms with E-state index in [1.807, 2.05) is 0 Å². The zero-order valence-corrected chi connectivity index (χ0v) is 20.4. The Balaban J connectivity index is 1.47. The van der Waals surface area contributed by atoms with E-state index >= 15 is 0 Å². The lowest BCUT2D eigenvalue weighted by Crippen LogP contribution is -2.51. The van der Waals surface area contributed by atoms with Crippen LogP contribution in [0.2, 0.25) is 0 Å². The van der Waals surface area contributed by atoms with Crippen molar-refractivity contribution in [2.45, 2.75) is 111 Å². The molecule has 3 saturated carbocycles. The van der Waals surface area contributed by atoms with E-state index in [9.17, 15) is 4.79 Å². The SMILES string of the molecule is CC(C)CCC[C@@H](C)[C@H]1CCC2C3CC=C4C[C@@H](NC=O)CC[C@]4(C)C3CC[C@@]21C. The van der Waals surface area contributed by atoms with Crippen LogP contribution in [-0.2, 0) is 4.79 Å². The molecule has 1 N–H and O–H groups in total. The molecule has 0 bridgehead atoms. The molecule has 2 nitrogen and oxygen atoms in total. The lowest BCUT2D eigenvalue weighted by atomic mass is 9.47. The summed E-state index contributed by atoms with van der Waals surface area (Å²) in [5.41, 5.74) is 2.65. The van der Waals surface area contributed by atoms with E-state index in [-0.39, 0.29) is 0 Å². The molecule has 0 aliphatic heterocycles. The number of rotatable bonds is 7. The number of allylic oxidation sites excluding steroid dienone is 1. The molecular formula is C28H47NO. The molecule has 2 heteroatoms. The summed E-state index contributed by atoms with van der Waals surface area (Å²) < 4.78 is 0. The summed E-state index contributed by atoms with van der Waals surface area (Å²) in [5.74, 6) is 5.41. The predicted molar refractivity (Wildman–Crippen MR) is 126 cm³/mol. The van der Waals surface area contributed by atoms with Crippen molar-refractivity contribution in [2.24, 2.45) is 46.3 Å². The van der Waals surface area contributed by atoms with E-state index in [4.69, 9.17) is 0 Å². The molecule has 3 fully saturated rings. The Bertz CT molecular complexity index is 653. The molecule has 4 rings (SSSR count). The Morgan fingerprint density at radius 1 is 1.07 bits per heavy atom. The summed E-state index contributed by atoms with van der Waals surface area (Å²) >= 11 is 0. The minimum Gasteiger partial charge on any atom is -0.356 e. The third-order valence-electron chi connectivity index (χ3n) is 10.6. The van der Waals surface area contributed by atoms with Crippen LogP contribution in [0.5, 0.6) is 0 Å². The molecule has 0 aromatic heterocycles. The van der Waals surface area contributed by atoms with Crippen LogP contribution in [0.3, 0.4) is 0 Å². The quantitative estimate of drug-likeness (QED) is 0.349. The Morgan fingerprint density at radius 3 is 2.60 bits per heavy atom. The summed E-state index contributed by atoms with van der Waals surface area (Å²) in [6.45, 7) is 12.6. The van der Waals surface area contributed by atoms with Crippen molar-refractivity contribution in [3.63, 3.8) is 0 Å². The average Bonchev–Trinajstić information content (AvgIpc) is 3.05. The highest BCUT2D eigenvalue weighted by Gasteiger charge is 2.59. The number of carbonyl (C=O) groups is 1. The minimum atomic E-state index is 0.370. The Hall–Kier alpha value is -0.790. The first-order valence-corrected chi connectivity index (χ1v) is 13.2. The van der Waals surface area contributed by atoms with E-state index in [2.05, 4.69) is 46.0 Å². The summed E-state index contributed by atoms with van der Waals surface area (Å²) in [5, 5.41) is 3.07. The second kappa shape index (κ2) is 8.62. The number of nitrogens with one attached hydrogen (secondary N) is 1. The van der Waals surface area contributed by atoms with Gasteiger partial charge < -0.3 is 5.32 Å². The summed E-state index contributed by atoms with van der Waals surface area (Å²) in [7, 11) is 0. The van der Waals surface area contributed by atoms with Crippen LogP contribution in [0.1, 0.15) is 105 Å². The number of carbonyl (C=O) groups excluding carboxylic acids is 1. The zero-order valence-electron chi connectivity index (χ0n) is 20.4. The fourth-order valence-corrected chi connectivity index (χ4v) is 8.92. The number of fused-ring (bicyclic) bond motifs is 5. The van der Waals surface area contributed by atoms with Crippen molar-refractivity contribution in [3.8, 4) is 0 Å². The van der Waals surface area contributed by atoms with Crippen molar-refractivity contribution in [1.29, 1.82) is 0 Å². The van der Waals surface area contributed by atoms with E-state index in [1.165, 1.54) is 57.8 Å². The van der Waals surface area contributed by atoms with Gasteiger partial charge in [-0.15, -0.1) is 0 Å². The molecule has 0 aromatic carbocycles. The first-order valence-electron chi connectivity index (χ1n) is 13.2. The fraction of sp³-hybridized carbons (Fsp3) is 0.893. The van der Waals surface area contributed by atoms with Gasteiger partial charge in [0.05, 0.1) is 0 Å². The van der Waals surface area contributed by atoms with E-state index in [0.29, 0.717) is 16.9 Å². The van der Waals surface area contributed by atoms with Gasteiger partial charge in [0.1, 0.15) is 0 Å². The van der Waals surface area contributed by atoms with E-state index < -0.39 is 0 Å². The third-order valence-corrected chi connectivity index (χ3v) is 10.6. The van der Waals surface area contributed by atoms with Gasteiger partial charge in [0.25, 0.3) is 0 Å². The van der Waals surface area contributed by atoms with Gasteiger partial charge in [-0.1, -0.05) is 65.5 Å². The molecule has 30 heavy (non-hydrogen) atoms. The van der Waals surface area contributed by atoms with Crippen molar-refractivity contribution in [3.05, 3.63) is 11.6 Å². The molecule has 170 valence electrons. The van der Waals surface area contributed by atoms with Gasteiger partial charge in [0, 0.05) is 6.04 Å². The molecular weight excluding hydrogens is 366 g/mol. The molecule has 8 atom stereocenters. The highest BCUT2D eigenvalue weighted by Crippen LogP contribution is 2.67. The minimum absolute atomic E-state index is 0.370. The summed E-state index contributed by atoms with van der Waals surface area (Å²) in [6.07, 6.45) is 18.5. The smallest absolute Gasteiger partial charge is 0.207 e. The molecule has 0 spiro atoms. The maximum Gasteiger partial charge on any atom is 0.207 e. The fourth-order valence-electron chi connectivity index (χ4n) is 8.92. The monoisotopic (exact) mass is 413 g/mol.